The van der Waals surface area contributed by atoms with Crippen LogP contribution in [0.25, 0.3) is 0 Å². The lowest BCUT2D eigenvalue weighted by Gasteiger charge is -2.25. The van der Waals surface area contributed by atoms with Crippen molar-refractivity contribution in [3.8, 4) is 0 Å². The van der Waals surface area contributed by atoms with Gasteiger partial charge in [-0.1, -0.05) is 42.5 Å². The van der Waals surface area contributed by atoms with Crippen molar-refractivity contribution in [2.45, 2.75) is 26.7 Å². The van der Waals surface area contributed by atoms with Gasteiger partial charge in [-0.25, -0.2) is 4.21 Å². The lowest BCUT2D eigenvalue weighted by Crippen LogP contribution is -2.26. The third-order valence-corrected chi connectivity index (χ3v) is 6.11. The molecule has 0 amide bonds. The van der Waals surface area contributed by atoms with Crippen LogP contribution in [0, 0.1) is 0 Å². The van der Waals surface area contributed by atoms with Gasteiger partial charge < -0.3 is 10.2 Å². The van der Waals surface area contributed by atoms with Crippen molar-refractivity contribution in [3.63, 3.8) is 0 Å². The lowest BCUT2D eigenvalue weighted by molar-refractivity contribution is -0.117. The fraction of sp³-hybridized carbons (Fsp3) is 0.391. The van der Waals surface area contributed by atoms with Crippen molar-refractivity contribution in [1.29, 1.82) is 0 Å². The van der Waals surface area contributed by atoms with Crippen molar-refractivity contribution in [1.82, 2.24) is 4.90 Å². The van der Waals surface area contributed by atoms with Gasteiger partial charge in [-0.2, -0.15) is 0 Å². The summed E-state index contributed by atoms with van der Waals surface area (Å²) in [6.45, 7) is 6.05. The van der Waals surface area contributed by atoms with Gasteiger partial charge in [0.05, 0.1) is 21.1 Å². The zero-order chi connectivity index (χ0) is 21.7. The fourth-order valence-electron chi connectivity index (χ4n) is 2.60. The standard InChI is InChI=1S/C23H35N3O2S/c1-6-7-8-9-12-20-29(5,28)26(4)23-15-11-10-14-22(23)24-17-13-18-25(3)19-16-21(2)27/h6-12,14-15,20,24H,5,13,16-19H2,1-4H3/b7-6-,9-8-,20-12+. The van der Waals surface area contributed by atoms with Crippen molar-refractivity contribution < 1.29 is 9.00 Å². The molecule has 0 aliphatic heterocycles. The van der Waals surface area contributed by atoms with E-state index in [-0.39, 0.29) is 5.78 Å². The number of carbonyl (C=O) groups is 1. The summed E-state index contributed by atoms with van der Waals surface area (Å²) >= 11 is 0. The van der Waals surface area contributed by atoms with Crippen molar-refractivity contribution in [3.05, 3.63) is 60.1 Å². The molecule has 0 saturated carbocycles. The minimum Gasteiger partial charge on any atom is -0.383 e. The molecule has 0 spiro atoms. The second-order valence-electron chi connectivity index (χ2n) is 6.98. The molecule has 5 nitrogen and oxygen atoms in total. The zero-order valence-corrected chi connectivity index (χ0v) is 19.0. The fourth-order valence-corrected chi connectivity index (χ4v) is 3.61. The second kappa shape index (κ2) is 13.0. The molecule has 0 heterocycles. The van der Waals surface area contributed by atoms with Crippen LogP contribution in [-0.2, 0) is 14.5 Å². The number of Topliss-reactive ketones (excluding diaryl/α,β-unsaturated/α-hetero) is 1. The molecular weight excluding hydrogens is 382 g/mol. The summed E-state index contributed by atoms with van der Waals surface area (Å²) in [4.78, 5) is 13.2. The Hall–Kier alpha value is -2.31. The maximum absolute atomic E-state index is 13.0. The monoisotopic (exact) mass is 417 g/mol. The molecule has 6 heteroatoms. The summed E-state index contributed by atoms with van der Waals surface area (Å²) in [5.74, 6) is 4.13. The minimum atomic E-state index is -2.59. The Balaban J connectivity index is 2.69. The Kier molecular flexibility index (Phi) is 11.1. The highest BCUT2D eigenvalue weighted by Crippen LogP contribution is 2.27. The summed E-state index contributed by atoms with van der Waals surface area (Å²) in [6, 6.07) is 7.81. The number of rotatable bonds is 13. The van der Waals surface area contributed by atoms with Crippen LogP contribution in [0.5, 0.6) is 0 Å². The molecule has 1 unspecified atom stereocenters. The van der Waals surface area contributed by atoms with Crippen molar-refractivity contribution in [2.24, 2.45) is 0 Å². The molecule has 1 rings (SSSR count). The van der Waals surface area contributed by atoms with E-state index in [1.54, 1.807) is 29.8 Å². The van der Waals surface area contributed by atoms with Gasteiger partial charge in [-0.05, 0) is 51.9 Å². The second-order valence-corrected chi connectivity index (χ2v) is 9.18. The van der Waals surface area contributed by atoms with E-state index in [4.69, 9.17) is 0 Å². The molecule has 0 radical (unpaired) electrons. The summed E-state index contributed by atoms with van der Waals surface area (Å²) in [6.07, 6.45) is 10.9. The normalized spacial score (nSPS) is 14.1. The topological polar surface area (TPSA) is 52.7 Å². The van der Waals surface area contributed by atoms with Crippen LogP contribution < -0.4 is 9.62 Å². The third-order valence-electron chi connectivity index (χ3n) is 4.40. The van der Waals surface area contributed by atoms with Gasteiger partial charge >= 0.3 is 0 Å². The van der Waals surface area contributed by atoms with E-state index in [0.29, 0.717) is 6.42 Å². The molecule has 1 aromatic rings. The molecule has 1 N–H and O–H groups in total. The molecular formula is C23H35N3O2S. The summed E-state index contributed by atoms with van der Waals surface area (Å²) in [5, 5.41) is 5.07. The minimum absolute atomic E-state index is 0.218. The number of nitrogens with one attached hydrogen (secondary N) is 1. The van der Waals surface area contributed by atoms with E-state index in [0.717, 1.165) is 37.4 Å². The molecule has 1 aromatic carbocycles. The first-order valence-electron chi connectivity index (χ1n) is 9.86. The highest BCUT2D eigenvalue weighted by atomic mass is 32.2. The Labute approximate surface area is 176 Å². The average molecular weight is 418 g/mol. The molecule has 29 heavy (non-hydrogen) atoms. The highest BCUT2D eigenvalue weighted by Gasteiger charge is 2.13. The number of allylic oxidation sites excluding steroid dienone is 5. The van der Waals surface area contributed by atoms with E-state index < -0.39 is 9.71 Å². The molecule has 0 aliphatic rings. The molecule has 0 aliphatic carbocycles. The Bertz CT molecular complexity index is 826. The number of hydrogen-bond acceptors (Lipinski definition) is 4. The van der Waals surface area contributed by atoms with E-state index in [1.165, 1.54) is 0 Å². The molecule has 0 fully saturated rings. The Morgan fingerprint density at radius 2 is 1.83 bits per heavy atom. The highest BCUT2D eigenvalue weighted by molar-refractivity contribution is 8.04. The van der Waals surface area contributed by atoms with Gasteiger partial charge in [-0.3, -0.25) is 9.10 Å². The SMILES string of the molecule is C=S(=O)(/C=C/C=C\C=C/C)N(C)c1ccccc1NCCCN(C)CCC(C)=O. The van der Waals surface area contributed by atoms with Crippen LogP contribution in [0.4, 0.5) is 11.4 Å². The first kappa shape index (κ1) is 24.7. The van der Waals surface area contributed by atoms with Crippen LogP contribution in [0.2, 0.25) is 0 Å². The number of para-hydroxylation sites is 2. The van der Waals surface area contributed by atoms with Gasteiger partial charge in [0.15, 0.2) is 0 Å². The van der Waals surface area contributed by atoms with E-state index in [1.807, 2.05) is 62.5 Å². The van der Waals surface area contributed by atoms with Gasteiger partial charge in [0.2, 0.25) is 0 Å². The van der Waals surface area contributed by atoms with Gasteiger partial charge in [0.1, 0.15) is 5.78 Å². The Morgan fingerprint density at radius 3 is 2.52 bits per heavy atom. The first-order valence-corrected chi connectivity index (χ1v) is 11.6. The summed E-state index contributed by atoms with van der Waals surface area (Å²) < 4.78 is 14.7. The molecule has 0 aromatic heterocycles. The smallest absolute Gasteiger partial charge is 0.131 e. The van der Waals surface area contributed by atoms with Gasteiger partial charge in [0, 0.05) is 32.0 Å². The zero-order valence-electron chi connectivity index (χ0n) is 18.1. The largest absolute Gasteiger partial charge is 0.383 e. The number of nitrogens with zero attached hydrogens (tertiary/aromatic N) is 2. The molecule has 160 valence electrons. The molecule has 0 bridgehead atoms. The van der Waals surface area contributed by atoms with Crippen LogP contribution in [0.1, 0.15) is 26.7 Å². The number of ketones is 1. The summed E-state index contributed by atoms with van der Waals surface area (Å²) in [7, 11) is 1.24. The quantitative estimate of drug-likeness (QED) is 0.298. The van der Waals surface area contributed by atoms with E-state index in [9.17, 15) is 9.00 Å². The summed E-state index contributed by atoms with van der Waals surface area (Å²) in [5.41, 5.74) is 1.77. The number of benzene rings is 1. The predicted octanol–water partition coefficient (Wildman–Crippen LogP) is 4.11. The number of carbonyl (C=O) groups excluding carboxylic acids is 1. The van der Waals surface area contributed by atoms with Crippen molar-refractivity contribution in [2.75, 3.05) is 43.4 Å². The van der Waals surface area contributed by atoms with Crippen LogP contribution in [0.3, 0.4) is 0 Å². The Morgan fingerprint density at radius 1 is 1.14 bits per heavy atom. The maximum atomic E-state index is 13.0. The number of anilines is 2. The van der Waals surface area contributed by atoms with Gasteiger partial charge in [0.25, 0.3) is 0 Å². The average Bonchev–Trinajstić information content (AvgIpc) is 2.69. The lowest BCUT2D eigenvalue weighted by atomic mass is 10.2. The molecule has 0 saturated heterocycles. The van der Waals surface area contributed by atoms with Gasteiger partial charge in [-0.15, -0.1) is 0 Å². The third kappa shape index (κ3) is 9.63. The van der Waals surface area contributed by atoms with Crippen LogP contribution in [0.15, 0.2) is 60.1 Å². The molecule has 1 atom stereocenters. The number of hydrogen-bond donors (Lipinski definition) is 1. The van der Waals surface area contributed by atoms with E-state index >= 15 is 0 Å². The maximum Gasteiger partial charge on any atom is 0.131 e. The van der Waals surface area contributed by atoms with Crippen LogP contribution >= 0.6 is 0 Å². The first-order chi connectivity index (χ1) is 13.8. The van der Waals surface area contributed by atoms with E-state index in [2.05, 4.69) is 16.1 Å². The predicted molar refractivity (Wildman–Crippen MR) is 129 cm³/mol. The van der Waals surface area contributed by atoms with Crippen LogP contribution in [-0.4, -0.2) is 54.5 Å². The van der Waals surface area contributed by atoms with Crippen molar-refractivity contribution >= 4 is 32.7 Å².